The van der Waals surface area contributed by atoms with Crippen LogP contribution >= 0.6 is 11.6 Å². The molecule has 2 unspecified atom stereocenters. The Hall–Kier alpha value is -0.610. The third-order valence-electron chi connectivity index (χ3n) is 3.63. The van der Waals surface area contributed by atoms with Crippen molar-refractivity contribution < 1.29 is 4.74 Å². The number of likely N-dealkylation sites (N-methyl/N-ethyl adjacent to an activating group) is 2. The predicted molar refractivity (Wildman–Crippen MR) is 79.7 cm³/mol. The van der Waals surface area contributed by atoms with Crippen LogP contribution in [0.4, 0.5) is 0 Å². The van der Waals surface area contributed by atoms with Gasteiger partial charge >= 0.3 is 0 Å². The van der Waals surface area contributed by atoms with E-state index in [1.54, 1.807) is 0 Å². The Balaban J connectivity index is 2.15. The van der Waals surface area contributed by atoms with Crippen molar-refractivity contribution in [1.29, 1.82) is 0 Å². The summed E-state index contributed by atoms with van der Waals surface area (Å²) >= 11 is 6.10. The highest BCUT2D eigenvalue weighted by atomic mass is 35.5. The third kappa shape index (κ3) is 3.93. The molecule has 1 aliphatic heterocycles. The summed E-state index contributed by atoms with van der Waals surface area (Å²) in [6, 6.07) is 8.27. The van der Waals surface area contributed by atoms with Crippen LogP contribution in [0.1, 0.15) is 25.5 Å². The lowest BCUT2D eigenvalue weighted by Crippen LogP contribution is -2.48. The molecule has 0 amide bonds. The largest absolute Gasteiger partial charge is 0.374 e. The van der Waals surface area contributed by atoms with E-state index >= 15 is 0 Å². The SMILES string of the molecule is CCNC(c1cccc(Cl)c1)C1CN(CC)CCO1. The maximum Gasteiger partial charge on any atom is 0.0896 e. The molecule has 2 atom stereocenters. The third-order valence-corrected chi connectivity index (χ3v) is 3.86. The van der Waals surface area contributed by atoms with Gasteiger partial charge in [0.1, 0.15) is 0 Å². The van der Waals surface area contributed by atoms with Gasteiger partial charge in [0.15, 0.2) is 0 Å². The Morgan fingerprint density at radius 3 is 3.00 bits per heavy atom. The molecule has 0 aliphatic carbocycles. The van der Waals surface area contributed by atoms with Gasteiger partial charge in [-0.1, -0.05) is 37.6 Å². The highest BCUT2D eigenvalue weighted by Gasteiger charge is 2.28. The van der Waals surface area contributed by atoms with Crippen LogP contribution in [0.15, 0.2) is 24.3 Å². The summed E-state index contributed by atoms with van der Waals surface area (Å²) in [4.78, 5) is 2.43. The molecule has 1 saturated heterocycles. The summed E-state index contributed by atoms with van der Waals surface area (Å²) in [6.07, 6.45) is 0.187. The standard InChI is InChI=1S/C15H23ClN2O/c1-3-17-15(12-6-5-7-13(16)10-12)14-11-18(4-2)8-9-19-14/h5-7,10,14-15,17H,3-4,8-9,11H2,1-2H3. The molecule has 1 heterocycles. The van der Waals surface area contributed by atoms with Gasteiger partial charge in [-0.3, -0.25) is 4.90 Å². The fourth-order valence-electron chi connectivity index (χ4n) is 2.60. The van der Waals surface area contributed by atoms with Gasteiger partial charge in [0, 0.05) is 18.1 Å². The zero-order valence-electron chi connectivity index (χ0n) is 11.7. The Kier molecular flexibility index (Phi) is 5.64. The van der Waals surface area contributed by atoms with E-state index in [-0.39, 0.29) is 12.1 Å². The van der Waals surface area contributed by atoms with Gasteiger partial charge in [-0.15, -0.1) is 0 Å². The molecule has 106 valence electrons. The van der Waals surface area contributed by atoms with Gasteiger partial charge in [-0.2, -0.15) is 0 Å². The molecule has 0 aromatic heterocycles. The van der Waals surface area contributed by atoms with E-state index in [2.05, 4.69) is 30.1 Å². The van der Waals surface area contributed by atoms with E-state index in [0.29, 0.717) is 0 Å². The molecule has 4 heteroatoms. The fraction of sp³-hybridized carbons (Fsp3) is 0.600. The zero-order valence-corrected chi connectivity index (χ0v) is 12.5. The van der Waals surface area contributed by atoms with Crippen LogP contribution in [0.3, 0.4) is 0 Å². The highest BCUT2D eigenvalue weighted by Crippen LogP contribution is 2.24. The van der Waals surface area contributed by atoms with Crippen molar-refractivity contribution in [3.63, 3.8) is 0 Å². The van der Waals surface area contributed by atoms with Crippen LogP contribution in [0.25, 0.3) is 0 Å². The van der Waals surface area contributed by atoms with Crippen LogP contribution in [-0.2, 0) is 4.74 Å². The molecule has 19 heavy (non-hydrogen) atoms. The summed E-state index contributed by atoms with van der Waals surface area (Å²) < 4.78 is 5.97. The molecule has 3 nitrogen and oxygen atoms in total. The number of hydrogen-bond donors (Lipinski definition) is 1. The molecule has 1 fully saturated rings. The number of nitrogens with one attached hydrogen (secondary N) is 1. The molecular weight excluding hydrogens is 260 g/mol. The zero-order chi connectivity index (χ0) is 13.7. The first-order valence-electron chi connectivity index (χ1n) is 7.07. The summed E-state index contributed by atoms with van der Waals surface area (Å²) in [5, 5.41) is 4.31. The second kappa shape index (κ2) is 7.25. The number of nitrogens with zero attached hydrogens (tertiary/aromatic N) is 1. The quantitative estimate of drug-likeness (QED) is 0.899. The van der Waals surface area contributed by atoms with Gasteiger partial charge in [-0.05, 0) is 30.8 Å². The number of benzene rings is 1. The minimum absolute atomic E-state index is 0.187. The number of ether oxygens (including phenoxy) is 1. The van der Waals surface area contributed by atoms with E-state index in [0.717, 1.165) is 37.8 Å². The normalized spacial score (nSPS) is 22.4. The second-order valence-corrected chi connectivity index (χ2v) is 5.33. The molecule has 1 N–H and O–H groups in total. The summed E-state index contributed by atoms with van der Waals surface area (Å²) in [7, 11) is 0. The predicted octanol–water partition coefficient (Wildman–Crippen LogP) is 2.71. The first-order chi connectivity index (χ1) is 9.24. The second-order valence-electron chi connectivity index (χ2n) is 4.89. The summed E-state index contributed by atoms with van der Waals surface area (Å²) in [6.45, 7) is 9.13. The molecule has 2 rings (SSSR count). The lowest BCUT2D eigenvalue weighted by Gasteiger charge is -2.37. The average molecular weight is 283 g/mol. The van der Waals surface area contributed by atoms with E-state index in [9.17, 15) is 0 Å². The number of rotatable bonds is 5. The van der Waals surface area contributed by atoms with Crippen molar-refractivity contribution in [1.82, 2.24) is 10.2 Å². The lowest BCUT2D eigenvalue weighted by molar-refractivity contribution is -0.0453. The van der Waals surface area contributed by atoms with Gasteiger partial charge in [0.25, 0.3) is 0 Å². The molecule has 0 saturated carbocycles. The smallest absolute Gasteiger partial charge is 0.0896 e. The Labute approximate surface area is 120 Å². The van der Waals surface area contributed by atoms with Crippen LogP contribution in [0.2, 0.25) is 5.02 Å². The van der Waals surface area contributed by atoms with Crippen molar-refractivity contribution >= 4 is 11.6 Å². The number of halogens is 1. The first-order valence-corrected chi connectivity index (χ1v) is 7.45. The van der Waals surface area contributed by atoms with Gasteiger partial charge in [0.05, 0.1) is 18.8 Å². The minimum Gasteiger partial charge on any atom is -0.374 e. The minimum atomic E-state index is 0.187. The van der Waals surface area contributed by atoms with Crippen LogP contribution in [0.5, 0.6) is 0 Å². The highest BCUT2D eigenvalue weighted by molar-refractivity contribution is 6.30. The molecule has 1 aromatic rings. The summed E-state index contributed by atoms with van der Waals surface area (Å²) in [5.41, 5.74) is 1.21. The van der Waals surface area contributed by atoms with E-state index in [1.807, 2.05) is 18.2 Å². The van der Waals surface area contributed by atoms with Crippen LogP contribution in [-0.4, -0.2) is 43.8 Å². The molecule has 0 bridgehead atoms. The first kappa shape index (κ1) is 14.8. The molecule has 1 aliphatic rings. The molecular formula is C15H23ClN2O. The van der Waals surface area contributed by atoms with Crippen molar-refractivity contribution in [3.05, 3.63) is 34.9 Å². The Bertz CT molecular complexity index is 399. The van der Waals surface area contributed by atoms with Gasteiger partial charge < -0.3 is 10.1 Å². The maximum absolute atomic E-state index is 6.10. The molecule has 0 spiro atoms. The fourth-order valence-corrected chi connectivity index (χ4v) is 2.80. The number of morpholine rings is 1. The summed E-state index contributed by atoms with van der Waals surface area (Å²) in [5.74, 6) is 0. The monoisotopic (exact) mass is 282 g/mol. The van der Waals surface area contributed by atoms with Crippen molar-refractivity contribution in [2.45, 2.75) is 26.0 Å². The molecule has 1 aromatic carbocycles. The molecule has 0 radical (unpaired) electrons. The Morgan fingerprint density at radius 2 is 2.32 bits per heavy atom. The van der Waals surface area contributed by atoms with Crippen molar-refractivity contribution in [2.24, 2.45) is 0 Å². The van der Waals surface area contributed by atoms with E-state index < -0.39 is 0 Å². The topological polar surface area (TPSA) is 24.5 Å². The van der Waals surface area contributed by atoms with Crippen molar-refractivity contribution in [2.75, 3.05) is 32.8 Å². The van der Waals surface area contributed by atoms with Crippen molar-refractivity contribution in [3.8, 4) is 0 Å². The average Bonchev–Trinajstić information content (AvgIpc) is 2.45. The number of hydrogen-bond acceptors (Lipinski definition) is 3. The van der Waals surface area contributed by atoms with Gasteiger partial charge in [-0.25, -0.2) is 0 Å². The van der Waals surface area contributed by atoms with E-state index in [4.69, 9.17) is 16.3 Å². The van der Waals surface area contributed by atoms with Gasteiger partial charge in [0.2, 0.25) is 0 Å². The van der Waals surface area contributed by atoms with Crippen LogP contribution in [0, 0.1) is 0 Å². The Morgan fingerprint density at radius 1 is 1.47 bits per heavy atom. The maximum atomic E-state index is 6.10. The van der Waals surface area contributed by atoms with Crippen LogP contribution < -0.4 is 5.32 Å². The lowest BCUT2D eigenvalue weighted by atomic mass is 10.00. The van der Waals surface area contributed by atoms with E-state index in [1.165, 1.54) is 5.56 Å².